The zero-order valence-electron chi connectivity index (χ0n) is 15.7. The average Bonchev–Trinajstić information content (AvgIpc) is 3.06. The molecule has 0 aliphatic carbocycles. The van der Waals surface area contributed by atoms with Crippen LogP contribution in [0.2, 0.25) is 0 Å². The molecule has 0 aliphatic rings. The number of thioether (sulfide) groups is 1. The van der Waals surface area contributed by atoms with Gasteiger partial charge in [-0.25, -0.2) is 9.47 Å². The summed E-state index contributed by atoms with van der Waals surface area (Å²) >= 11 is 1.31. The van der Waals surface area contributed by atoms with Crippen molar-refractivity contribution < 1.29 is 17.9 Å². The molecule has 2 N–H and O–H groups in total. The molecule has 2 aromatic carbocycles. The zero-order chi connectivity index (χ0) is 21.3. The third-order valence-corrected chi connectivity index (χ3v) is 5.34. The topological polar surface area (TPSA) is 96.2 Å². The van der Waals surface area contributed by atoms with E-state index < -0.39 is 12.2 Å². The molecule has 4 rings (SSSR count). The molecule has 0 spiro atoms. The Morgan fingerprint density at radius 3 is 2.67 bits per heavy atom. The van der Waals surface area contributed by atoms with Crippen molar-refractivity contribution in [2.75, 3.05) is 5.84 Å². The summed E-state index contributed by atoms with van der Waals surface area (Å²) in [6.45, 7) is -0.969. The van der Waals surface area contributed by atoms with Gasteiger partial charge in [-0.05, 0) is 48.4 Å². The molecule has 0 bridgehead atoms. The quantitative estimate of drug-likeness (QED) is 0.281. The molecule has 7 nitrogen and oxygen atoms in total. The lowest BCUT2D eigenvalue weighted by Gasteiger charge is -2.07. The molecule has 0 amide bonds. The summed E-state index contributed by atoms with van der Waals surface area (Å²) in [6, 6.07) is 13.1. The van der Waals surface area contributed by atoms with E-state index >= 15 is 0 Å². The highest BCUT2D eigenvalue weighted by Gasteiger charge is 2.14. The maximum atomic E-state index is 12.3. The van der Waals surface area contributed by atoms with Crippen molar-refractivity contribution in [2.24, 2.45) is 0 Å². The molecular formula is C20H16F2N4O3S. The Morgan fingerprint density at radius 1 is 1.17 bits per heavy atom. The number of hydrogen-bond acceptors (Lipinski definition) is 7. The molecule has 0 unspecified atom stereocenters. The van der Waals surface area contributed by atoms with Gasteiger partial charge in [0.1, 0.15) is 11.3 Å². The van der Waals surface area contributed by atoms with Crippen molar-refractivity contribution in [3.8, 4) is 17.1 Å². The van der Waals surface area contributed by atoms with Gasteiger partial charge in [0.15, 0.2) is 5.82 Å². The summed E-state index contributed by atoms with van der Waals surface area (Å²) in [5.41, 5.74) is 2.49. The molecule has 30 heavy (non-hydrogen) atoms. The molecule has 0 aliphatic heterocycles. The van der Waals surface area contributed by atoms with E-state index in [2.05, 4.69) is 14.9 Å². The fraction of sp³-hybridized carbons (Fsp3) is 0.150. The first kappa shape index (κ1) is 19.9. The molecular weight excluding hydrogens is 414 g/mol. The highest BCUT2D eigenvalue weighted by Crippen LogP contribution is 2.28. The van der Waals surface area contributed by atoms with E-state index in [4.69, 9.17) is 10.3 Å². The highest BCUT2D eigenvalue weighted by atomic mass is 32.2. The number of aromatic nitrogens is 3. The van der Waals surface area contributed by atoms with Crippen LogP contribution in [0.5, 0.6) is 5.75 Å². The Bertz CT molecular complexity index is 1260. The average molecular weight is 430 g/mol. The summed E-state index contributed by atoms with van der Waals surface area (Å²) in [7, 11) is 0. The van der Waals surface area contributed by atoms with Crippen molar-refractivity contribution in [2.45, 2.75) is 24.4 Å². The Labute approximate surface area is 173 Å². The summed E-state index contributed by atoms with van der Waals surface area (Å²) in [5, 5.41) is 9.45. The Balaban J connectivity index is 1.56. The molecule has 0 atom stereocenters. The summed E-state index contributed by atoms with van der Waals surface area (Å²) < 4.78 is 35.5. The van der Waals surface area contributed by atoms with Crippen LogP contribution in [0.25, 0.3) is 22.4 Å². The van der Waals surface area contributed by atoms with Gasteiger partial charge in [-0.15, -0.1) is 10.2 Å². The van der Waals surface area contributed by atoms with Crippen LogP contribution < -0.4 is 16.2 Å². The fourth-order valence-electron chi connectivity index (χ4n) is 2.96. The second-order valence-electron chi connectivity index (χ2n) is 6.46. The normalized spacial score (nSPS) is 11.3. The molecule has 2 aromatic heterocycles. The predicted molar refractivity (Wildman–Crippen MR) is 109 cm³/mol. The van der Waals surface area contributed by atoms with Crippen LogP contribution in [0.15, 0.2) is 62.9 Å². The van der Waals surface area contributed by atoms with Crippen molar-refractivity contribution in [3.63, 3.8) is 0 Å². The van der Waals surface area contributed by atoms with E-state index in [0.717, 1.165) is 16.5 Å². The predicted octanol–water partition coefficient (Wildman–Crippen LogP) is 3.97. The Hall–Kier alpha value is -3.40. The smallest absolute Gasteiger partial charge is 0.387 e. The van der Waals surface area contributed by atoms with Gasteiger partial charge in [0.2, 0.25) is 5.16 Å². The number of hydrogen-bond donors (Lipinski definition) is 1. The molecule has 0 saturated carbocycles. The molecule has 154 valence electrons. The van der Waals surface area contributed by atoms with Gasteiger partial charge in [-0.1, -0.05) is 23.9 Å². The molecule has 0 fully saturated rings. The minimum atomic E-state index is -2.89. The number of nitrogens with zero attached hydrogens (tertiary/aromatic N) is 3. The number of benzene rings is 2. The van der Waals surface area contributed by atoms with Gasteiger partial charge in [0.05, 0.1) is 0 Å². The number of nitrogens with two attached hydrogens (primary N) is 1. The lowest BCUT2D eigenvalue weighted by molar-refractivity contribution is -0.0498. The number of alkyl halides is 2. The van der Waals surface area contributed by atoms with Gasteiger partial charge < -0.3 is 15.0 Å². The van der Waals surface area contributed by atoms with E-state index in [1.165, 1.54) is 34.6 Å². The lowest BCUT2D eigenvalue weighted by atomic mass is 10.1. The zero-order valence-corrected chi connectivity index (χ0v) is 16.5. The first-order chi connectivity index (χ1) is 14.4. The summed E-state index contributed by atoms with van der Waals surface area (Å²) in [6.07, 6.45) is 0. The van der Waals surface area contributed by atoms with E-state index in [1.807, 2.05) is 25.1 Å². The van der Waals surface area contributed by atoms with Crippen LogP contribution in [0.3, 0.4) is 0 Å². The Kier molecular flexibility index (Phi) is 5.40. The number of ether oxygens (including phenoxy) is 1. The highest BCUT2D eigenvalue weighted by molar-refractivity contribution is 7.98. The van der Waals surface area contributed by atoms with Crippen molar-refractivity contribution in [1.29, 1.82) is 0 Å². The maximum Gasteiger partial charge on any atom is 0.387 e. The maximum absolute atomic E-state index is 12.3. The van der Waals surface area contributed by atoms with Crippen LogP contribution >= 0.6 is 11.8 Å². The van der Waals surface area contributed by atoms with E-state index in [0.29, 0.717) is 27.9 Å². The summed E-state index contributed by atoms with van der Waals surface area (Å²) in [5.74, 6) is 6.96. The van der Waals surface area contributed by atoms with Gasteiger partial charge >= 0.3 is 12.2 Å². The standard InChI is InChI=1S/C20H16F2N4O3S/c1-11-2-7-15-13(9-17(27)29-16(15)8-11)10-30-20-25-24-18(26(20)23)12-3-5-14(6-4-12)28-19(21)22/h2-9,19H,10,23H2,1H3. The van der Waals surface area contributed by atoms with E-state index in [9.17, 15) is 13.6 Å². The molecule has 2 heterocycles. The third-order valence-electron chi connectivity index (χ3n) is 4.34. The van der Waals surface area contributed by atoms with E-state index in [1.54, 1.807) is 12.1 Å². The van der Waals surface area contributed by atoms with Crippen LogP contribution in [-0.2, 0) is 5.75 Å². The first-order valence-corrected chi connectivity index (χ1v) is 9.81. The number of aryl methyl sites for hydroxylation is 1. The number of rotatable bonds is 6. The van der Waals surface area contributed by atoms with E-state index in [-0.39, 0.29) is 5.75 Å². The van der Waals surface area contributed by atoms with Crippen LogP contribution in [0.1, 0.15) is 11.1 Å². The SMILES string of the molecule is Cc1ccc2c(CSc3nnc(-c4ccc(OC(F)F)cc4)n3N)cc(=O)oc2c1. The first-order valence-electron chi connectivity index (χ1n) is 8.82. The number of nitrogen functional groups attached to an aromatic ring is 1. The number of halogens is 2. The van der Waals surface area contributed by atoms with Crippen molar-refractivity contribution >= 4 is 22.7 Å². The lowest BCUT2D eigenvalue weighted by Crippen LogP contribution is -2.11. The Morgan fingerprint density at radius 2 is 1.93 bits per heavy atom. The van der Waals surface area contributed by atoms with Gasteiger partial charge in [-0.2, -0.15) is 8.78 Å². The molecule has 4 aromatic rings. The van der Waals surface area contributed by atoms with Crippen LogP contribution in [-0.4, -0.2) is 21.5 Å². The minimum absolute atomic E-state index is 0.0384. The van der Waals surface area contributed by atoms with Crippen molar-refractivity contribution in [3.05, 3.63) is 70.1 Å². The van der Waals surface area contributed by atoms with Crippen LogP contribution in [0.4, 0.5) is 8.78 Å². The fourth-order valence-corrected chi connectivity index (χ4v) is 3.80. The van der Waals surface area contributed by atoms with Crippen LogP contribution in [0, 0.1) is 6.92 Å². The van der Waals surface area contributed by atoms with Gasteiger partial charge in [0, 0.05) is 22.8 Å². The minimum Gasteiger partial charge on any atom is -0.435 e. The second kappa shape index (κ2) is 8.15. The van der Waals surface area contributed by atoms with Gasteiger partial charge in [0.25, 0.3) is 0 Å². The largest absolute Gasteiger partial charge is 0.435 e. The van der Waals surface area contributed by atoms with Crippen molar-refractivity contribution in [1.82, 2.24) is 14.9 Å². The van der Waals surface area contributed by atoms with Gasteiger partial charge in [-0.3, -0.25) is 0 Å². The molecule has 10 heteroatoms. The monoisotopic (exact) mass is 430 g/mol. The second-order valence-corrected chi connectivity index (χ2v) is 7.40. The summed E-state index contributed by atoms with van der Waals surface area (Å²) in [4.78, 5) is 11.9. The molecule has 0 radical (unpaired) electrons. The number of fused-ring (bicyclic) bond motifs is 1. The third kappa shape index (κ3) is 4.13. The molecule has 0 saturated heterocycles.